The van der Waals surface area contributed by atoms with Gasteiger partial charge in [0, 0.05) is 49.5 Å². The minimum atomic E-state index is -0.237. The molecule has 4 rings (SSSR count). The molecular weight excluding hydrogens is 370 g/mol. The molecule has 3 aromatic heterocycles. The Morgan fingerprint density at radius 2 is 1.90 bits per heavy atom. The van der Waals surface area contributed by atoms with Crippen molar-refractivity contribution in [3.05, 3.63) is 95.1 Å². The van der Waals surface area contributed by atoms with Gasteiger partial charge in [0.25, 0.3) is 11.5 Å². The van der Waals surface area contributed by atoms with E-state index in [0.29, 0.717) is 17.9 Å². The number of benzene rings is 1. The van der Waals surface area contributed by atoms with Crippen LogP contribution in [0.15, 0.2) is 78.4 Å². The van der Waals surface area contributed by atoms with Gasteiger partial charge in [0.15, 0.2) is 5.82 Å². The van der Waals surface area contributed by atoms with E-state index in [4.69, 9.17) is 0 Å². The summed E-state index contributed by atoms with van der Waals surface area (Å²) < 4.78 is 4.84. The number of carbonyl (C=O) groups excluding carboxylic acids is 1. The van der Waals surface area contributed by atoms with Gasteiger partial charge in [-0.15, -0.1) is 5.10 Å². The summed E-state index contributed by atoms with van der Waals surface area (Å²) in [5, 5.41) is 11.2. The van der Waals surface area contributed by atoms with E-state index in [1.807, 2.05) is 22.9 Å². The van der Waals surface area contributed by atoms with Crippen LogP contribution in [0.4, 0.5) is 0 Å². The van der Waals surface area contributed by atoms with E-state index in [1.165, 1.54) is 10.7 Å². The second-order valence-corrected chi connectivity index (χ2v) is 6.39. The standard InChI is InChI=1S/C20H19N7O2/c28-19-7-6-18(26-11-1-8-23-26)24-27(19)13-10-22-20(29)17-4-2-16(3-5-17)14-25-12-9-21-15-25/h1-9,11-12,15H,10,13-14H2,(H,22,29). The van der Waals surface area contributed by atoms with Crippen molar-refractivity contribution >= 4 is 5.91 Å². The predicted molar refractivity (Wildman–Crippen MR) is 106 cm³/mol. The molecule has 9 heteroatoms. The fourth-order valence-corrected chi connectivity index (χ4v) is 2.85. The Kier molecular flexibility index (Phi) is 5.28. The van der Waals surface area contributed by atoms with E-state index in [1.54, 1.807) is 53.9 Å². The SMILES string of the molecule is O=C(NCCn1nc(-n2cccn2)ccc1=O)c1ccc(Cn2ccnc2)cc1. The number of aromatic nitrogens is 6. The molecule has 1 N–H and O–H groups in total. The maximum atomic E-state index is 12.4. The van der Waals surface area contributed by atoms with Crippen LogP contribution in [0.5, 0.6) is 0 Å². The Morgan fingerprint density at radius 1 is 1.03 bits per heavy atom. The van der Waals surface area contributed by atoms with Crippen molar-refractivity contribution in [1.82, 2.24) is 34.4 Å². The van der Waals surface area contributed by atoms with Crippen LogP contribution < -0.4 is 10.9 Å². The van der Waals surface area contributed by atoms with E-state index in [9.17, 15) is 9.59 Å². The van der Waals surface area contributed by atoms with Gasteiger partial charge in [-0.25, -0.2) is 14.3 Å². The number of carbonyl (C=O) groups is 1. The Hall–Kier alpha value is -4.01. The van der Waals surface area contributed by atoms with Crippen molar-refractivity contribution < 1.29 is 4.79 Å². The summed E-state index contributed by atoms with van der Waals surface area (Å²) in [6, 6.07) is 12.2. The normalized spacial score (nSPS) is 10.8. The molecule has 0 saturated heterocycles. The largest absolute Gasteiger partial charge is 0.350 e. The molecule has 146 valence electrons. The molecule has 0 saturated carbocycles. The monoisotopic (exact) mass is 389 g/mol. The van der Waals surface area contributed by atoms with Crippen molar-refractivity contribution in [3.63, 3.8) is 0 Å². The molecule has 0 fully saturated rings. The average Bonchev–Trinajstić information content (AvgIpc) is 3.44. The molecule has 0 radical (unpaired) electrons. The van der Waals surface area contributed by atoms with Crippen LogP contribution in [0.3, 0.4) is 0 Å². The van der Waals surface area contributed by atoms with Crippen LogP contribution in [0.25, 0.3) is 5.82 Å². The third-order valence-corrected chi connectivity index (χ3v) is 4.34. The number of imidazole rings is 1. The van der Waals surface area contributed by atoms with Crippen LogP contribution in [0.1, 0.15) is 15.9 Å². The second kappa shape index (κ2) is 8.34. The predicted octanol–water partition coefficient (Wildman–Crippen LogP) is 1.10. The van der Waals surface area contributed by atoms with Crippen LogP contribution >= 0.6 is 0 Å². The molecule has 0 aliphatic heterocycles. The number of rotatable bonds is 7. The number of amides is 1. The summed E-state index contributed by atoms with van der Waals surface area (Å²) in [6.45, 7) is 1.24. The lowest BCUT2D eigenvalue weighted by Crippen LogP contribution is -2.32. The van der Waals surface area contributed by atoms with Gasteiger partial charge >= 0.3 is 0 Å². The Labute approximate surface area is 166 Å². The molecule has 9 nitrogen and oxygen atoms in total. The van der Waals surface area contributed by atoms with Crippen molar-refractivity contribution in [2.75, 3.05) is 6.54 Å². The molecular formula is C20H19N7O2. The Morgan fingerprint density at radius 3 is 2.62 bits per heavy atom. The molecule has 0 atom stereocenters. The summed E-state index contributed by atoms with van der Waals surface area (Å²) in [5.41, 5.74) is 1.40. The highest BCUT2D eigenvalue weighted by Gasteiger charge is 2.07. The van der Waals surface area contributed by atoms with Crippen LogP contribution in [0.2, 0.25) is 0 Å². The third kappa shape index (κ3) is 4.46. The molecule has 0 spiro atoms. The molecule has 0 bridgehead atoms. The summed E-state index contributed by atoms with van der Waals surface area (Å²) >= 11 is 0. The first-order valence-electron chi connectivity index (χ1n) is 9.10. The summed E-state index contributed by atoms with van der Waals surface area (Å²) in [6.07, 6.45) is 8.75. The Bertz CT molecular complexity index is 1130. The quantitative estimate of drug-likeness (QED) is 0.510. The van der Waals surface area contributed by atoms with Gasteiger partial charge in [0.05, 0.1) is 12.9 Å². The lowest BCUT2D eigenvalue weighted by atomic mass is 10.1. The van der Waals surface area contributed by atoms with E-state index in [0.717, 1.165) is 5.56 Å². The first-order chi connectivity index (χ1) is 14.2. The fourth-order valence-electron chi connectivity index (χ4n) is 2.85. The zero-order valence-corrected chi connectivity index (χ0v) is 15.5. The molecule has 1 aromatic carbocycles. The van der Waals surface area contributed by atoms with Gasteiger partial charge in [-0.2, -0.15) is 5.10 Å². The van der Waals surface area contributed by atoms with E-state index in [2.05, 4.69) is 20.5 Å². The molecule has 0 aliphatic carbocycles. The van der Waals surface area contributed by atoms with Gasteiger partial charge in [-0.1, -0.05) is 12.1 Å². The van der Waals surface area contributed by atoms with Gasteiger partial charge in [0.1, 0.15) is 0 Å². The summed E-state index contributed by atoms with van der Waals surface area (Å²) in [5.74, 6) is 0.338. The van der Waals surface area contributed by atoms with Crippen LogP contribution in [-0.4, -0.2) is 41.6 Å². The first kappa shape index (κ1) is 18.4. The lowest BCUT2D eigenvalue weighted by Gasteiger charge is -2.09. The molecule has 1 amide bonds. The first-order valence-corrected chi connectivity index (χ1v) is 9.10. The molecule has 0 aliphatic rings. The highest BCUT2D eigenvalue weighted by Crippen LogP contribution is 2.06. The van der Waals surface area contributed by atoms with Crippen molar-refractivity contribution in [3.8, 4) is 5.82 Å². The third-order valence-electron chi connectivity index (χ3n) is 4.34. The molecule has 0 unspecified atom stereocenters. The average molecular weight is 389 g/mol. The van der Waals surface area contributed by atoms with Crippen molar-refractivity contribution in [2.45, 2.75) is 13.1 Å². The van der Waals surface area contributed by atoms with Crippen molar-refractivity contribution in [1.29, 1.82) is 0 Å². The maximum absolute atomic E-state index is 12.4. The summed E-state index contributed by atoms with van der Waals surface area (Å²) in [4.78, 5) is 28.4. The smallest absolute Gasteiger partial charge is 0.266 e. The van der Waals surface area contributed by atoms with Crippen molar-refractivity contribution in [2.24, 2.45) is 0 Å². The van der Waals surface area contributed by atoms with Gasteiger partial charge < -0.3 is 9.88 Å². The maximum Gasteiger partial charge on any atom is 0.266 e. The van der Waals surface area contributed by atoms with E-state index >= 15 is 0 Å². The number of nitrogens with one attached hydrogen (secondary N) is 1. The number of hydrogen-bond acceptors (Lipinski definition) is 5. The highest BCUT2D eigenvalue weighted by atomic mass is 16.2. The molecule has 3 heterocycles. The van der Waals surface area contributed by atoms with Gasteiger partial charge in [-0.3, -0.25) is 9.59 Å². The number of hydrogen-bond donors (Lipinski definition) is 1. The lowest BCUT2D eigenvalue weighted by molar-refractivity contribution is 0.0951. The molecule has 29 heavy (non-hydrogen) atoms. The topological polar surface area (TPSA) is 99.6 Å². The fraction of sp³-hybridized carbons (Fsp3) is 0.150. The summed E-state index contributed by atoms with van der Waals surface area (Å²) in [7, 11) is 0. The highest BCUT2D eigenvalue weighted by molar-refractivity contribution is 5.94. The minimum Gasteiger partial charge on any atom is -0.350 e. The number of nitrogens with zero attached hydrogens (tertiary/aromatic N) is 6. The van der Waals surface area contributed by atoms with Gasteiger partial charge in [0.2, 0.25) is 0 Å². The van der Waals surface area contributed by atoms with Gasteiger partial charge in [-0.05, 0) is 29.8 Å². The van der Waals surface area contributed by atoms with E-state index < -0.39 is 0 Å². The minimum absolute atomic E-state index is 0.199. The molecule has 4 aromatic rings. The zero-order chi connectivity index (χ0) is 20.1. The van der Waals surface area contributed by atoms with Crippen LogP contribution in [0, 0.1) is 0 Å². The Balaban J connectivity index is 1.34. The van der Waals surface area contributed by atoms with Crippen LogP contribution in [-0.2, 0) is 13.1 Å². The second-order valence-electron chi connectivity index (χ2n) is 6.39. The van der Waals surface area contributed by atoms with E-state index in [-0.39, 0.29) is 24.6 Å². The zero-order valence-electron chi connectivity index (χ0n) is 15.5.